The number of halogens is 1. The van der Waals surface area contributed by atoms with Crippen LogP contribution in [-0.2, 0) is 6.54 Å². The maximum absolute atomic E-state index is 6.24. The first-order valence-electron chi connectivity index (χ1n) is 5.57. The average molecular weight is 250 g/mol. The zero-order chi connectivity index (χ0) is 12.4. The second-order valence-electron chi connectivity index (χ2n) is 4.12. The number of aryl methyl sites for hydroxylation is 2. The first-order chi connectivity index (χ1) is 8.13. The van der Waals surface area contributed by atoms with Crippen LogP contribution in [0.1, 0.15) is 17.0 Å². The van der Waals surface area contributed by atoms with Crippen LogP contribution in [0.5, 0.6) is 5.75 Å². The van der Waals surface area contributed by atoms with E-state index in [9.17, 15) is 0 Å². The van der Waals surface area contributed by atoms with E-state index in [-0.39, 0.29) is 0 Å². The summed E-state index contributed by atoms with van der Waals surface area (Å²) in [6, 6.07) is 9.96. The van der Waals surface area contributed by atoms with Gasteiger partial charge in [-0.1, -0.05) is 17.7 Å². The highest BCUT2D eigenvalue weighted by Crippen LogP contribution is 2.28. The SMILES string of the molecule is COc1cccc(Cl)c1Cn1c(C)ccc1C. The number of benzene rings is 1. The highest BCUT2D eigenvalue weighted by Gasteiger charge is 2.10. The van der Waals surface area contributed by atoms with Crippen molar-refractivity contribution in [3.8, 4) is 5.75 Å². The normalized spacial score (nSPS) is 10.6. The third-order valence-corrected chi connectivity index (χ3v) is 3.38. The number of ether oxygens (including phenoxy) is 1. The Morgan fingerprint density at radius 1 is 1.12 bits per heavy atom. The van der Waals surface area contributed by atoms with Gasteiger partial charge in [-0.2, -0.15) is 0 Å². The molecule has 0 unspecified atom stereocenters. The Labute approximate surface area is 107 Å². The van der Waals surface area contributed by atoms with Crippen molar-refractivity contribution in [3.63, 3.8) is 0 Å². The molecule has 0 saturated carbocycles. The molecular formula is C14H16ClNO. The predicted octanol–water partition coefficient (Wildman–Crippen LogP) is 3.82. The molecule has 0 saturated heterocycles. The molecule has 1 heterocycles. The Balaban J connectivity index is 2.42. The monoisotopic (exact) mass is 249 g/mol. The molecule has 2 nitrogen and oxygen atoms in total. The lowest BCUT2D eigenvalue weighted by molar-refractivity contribution is 0.408. The summed E-state index contributed by atoms with van der Waals surface area (Å²) in [5.74, 6) is 0.838. The Morgan fingerprint density at radius 3 is 2.35 bits per heavy atom. The highest BCUT2D eigenvalue weighted by molar-refractivity contribution is 6.31. The van der Waals surface area contributed by atoms with Crippen LogP contribution < -0.4 is 4.74 Å². The standard InChI is InChI=1S/C14H16ClNO/c1-10-7-8-11(2)16(10)9-12-13(15)5-4-6-14(12)17-3/h4-8H,9H2,1-3H3. The van der Waals surface area contributed by atoms with Gasteiger partial charge in [0, 0.05) is 22.0 Å². The van der Waals surface area contributed by atoms with Gasteiger partial charge in [0.05, 0.1) is 13.7 Å². The Morgan fingerprint density at radius 2 is 1.76 bits per heavy atom. The number of hydrogen-bond donors (Lipinski definition) is 0. The third-order valence-electron chi connectivity index (χ3n) is 3.03. The summed E-state index contributed by atoms with van der Waals surface area (Å²) in [4.78, 5) is 0. The van der Waals surface area contributed by atoms with E-state index < -0.39 is 0 Å². The molecule has 0 spiro atoms. The van der Waals surface area contributed by atoms with Crippen molar-refractivity contribution >= 4 is 11.6 Å². The minimum atomic E-state index is 0.744. The zero-order valence-corrected chi connectivity index (χ0v) is 11.1. The van der Waals surface area contributed by atoms with Gasteiger partial charge in [-0.3, -0.25) is 0 Å². The predicted molar refractivity (Wildman–Crippen MR) is 71.0 cm³/mol. The fourth-order valence-corrected chi connectivity index (χ4v) is 2.22. The maximum Gasteiger partial charge on any atom is 0.125 e. The zero-order valence-electron chi connectivity index (χ0n) is 10.3. The summed E-state index contributed by atoms with van der Waals surface area (Å²) in [5.41, 5.74) is 3.48. The smallest absolute Gasteiger partial charge is 0.125 e. The molecule has 0 radical (unpaired) electrons. The van der Waals surface area contributed by atoms with Crippen LogP contribution in [0.25, 0.3) is 0 Å². The summed E-state index contributed by atoms with van der Waals surface area (Å²) in [5, 5.41) is 0.747. The topological polar surface area (TPSA) is 14.2 Å². The molecule has 0 fully saturated rings. The Hall–Kier alpha value is -1.41. The number of hydrogen-bond acceptors (Lipinski definition) is 1. The van der Waals surface area contributed by atoms with Gasteiger partial charge in [-0.05, 0) is 38.1 Å². The Bertz CT molecular complexity index is 512. The van der Waals surface area contributed by atoms with E-state index in [1.54, 1.807) is 7.11 Å². The van der Waals surface area contributed by atoms with E-state index in [1.165, 1.54) is 11.4 Å². The minimum Gasteiger partial charge on any atom is -0.496 e. The summed E-state index contributed by atoms with van der Waals surface area (Å²) in [7, 11) is 1.67. The minimum absolute atomic E-state index is 0.744. The van der Waals surface area contributed by atoms with Crippen molar-refractivity contribution in [1.29, 1.82) is 0 Å². The van der Waals surface area contributed by atoms with Crippen LogP contribution in [0, 0.1) is 13.8 Å². The highest BCUT2D eigenvalue weighted by atomic mass is 35.5. The fraction of sp³-hybridized carbons (Fsp3) is 0.286. The first-order valence-corrected chi connectivity index (χ1v) is 5.95. The van der Waals surface area contributed by atoms with Crippen molar-refractivity contribution in [1.82, 2.24) is 4.57 Å². The van der Waals surface area contributed by atoms with Crippen molar-refractivity contribution in [2.75, 3.05) is 7.11 Å². The first kappa shape index (κ1) is 12.1. The summed E-state index contributed by atoms with van der Waals surface area (Å²) < 4.78 is 7.58. The van der Waals surface area contributed by atoms with Crippen LogP contribution >= 0.6 is 11.6 Å². The van der Waals surface area contributed by atoms with Crippen molar-refractivity contribution in [3.05, 3.63) is 52.3 Å². The number of nitrogens with zero attached hydrogens (tertiary/aromatic N) is 1. The number of methoxy groups -OCH3 is 1. The maximum atomic E-state index is 6.24. The van der Waals surface area contributed by atoms with Crippen LogP contribution in [0.15, 0.2) is 30.3 Å². The molecule has 17 heavy (non-hydrogen) atoms. The van der Waals surface area contributed by atoms with Gasteiger partial charge < -0.3 is 9.30 Å². The summed E-state index contributed by atoms with van der Waals surface area (Å²) in [6.07, 6.45) is 0. The molecule has 90 valence electrons. The van der Waals surface area contributed by atoms with Crippen molar-refractivity contribution < 1.29 is 4.74 Å². The van der Waals surface area contributed by atoms with Crippen LogP contribution in [0.4, 0.5) is 0 Å². The second-order valence-corrected chi connectivity index (χ2v) is 4.53. The average Bonchev–Trinajstić information content (AvgIpc) is 2.63. The molecule has 0 atom stereocenters. The van der Waals surface area contributed by atoms with Gasteiger partial charge in [0.25, 0.3) is 0 Å². The third kappa shape index (κ3) is 2.32. The van der Waals surface area contributed by atoms with E-state index in [0.29, 0.717) is 0 Å². The van der Waals surface area contributed by atoms with Crippen molar-refractivity contribution in [2.24, 2.45) is 0 Å². The molecule has 0 N–H and O–H groups in total. The molecule has 0 aliphatic heterocycles. The number of aromatic nitrogens is 1. The fourth-order valence-electron chi connectivity index (χ4n) is 1.99. The molecule has 2 aromatic rings. The van der Waals surface area contributed by atoms with Crippen LogP contribution in [0.3, 0.4) is 0 Å². The molecule has 3 heteroatoms. The van der Waals surface area contributed by atoms with Crippen LogP contribution in [0.2, 0.25) is 5.02 Å². The van der Waals surface area contributed by atoms with Crippen LogP contribution in [-0.4, -0.2) is 11.7 Å². The van der Waals surface area contributed by atoms with Gasteiger partial charge in [-0.15, -0.1) is 0 Å². The van der Waals surface area contributed by atoms with E-state index in [2.05, 4.69) is 30.5 Å². The van der Waals surface area contributed by atoms with E-state index in [4.69, 9.17) is 16.3 Å². The van der Waals surface area contributed by atoms with E-state index >= 15 is 0 Å². The van der Waals surface area contributed by atoms with Gasteiger partial charge in [0.15, 0.2) is 0 Å². The molecule has 0 aliphatic rings. The molecular weight excluding hydrogens is 234 g/mol. The van der Waals surface area contributed by atoms with Gasteiger partial charge >= 0.3 is 0 Å². The lowest BCUT2D eigenvalue weighted by Crippen LogP contribution is -2.05. The van der Waals surface area contributed by atoms with Gasteiger partial charge in [-0.25, -0.2) is 0 Å². The van der Waals surface area contributed by atoms with Gasteiger partial charge in [0.1, 0.15) is 5.75 Å². The lowest BCUT2D eigenvalue weighted by atomic mass is 10.2. The molecule has 2 rings (SSSR count). The van der Waals surface area contributed by atoms with Gasteiger partial charge in [0.2, 0.25) is 0 Å². The quantitative estimate of drug-likeness (QED) is 0.807. The van der Waals surface area contributed by atoms with E-state index in [0.717, 1.165) is 22.9 Å². The number of rotatable bonds is 3. The molecule has 1 aromatic carbocycles. The molecule has 0 amide bonds. The molecule has 0 aliphatic carbocycles. The largest absolute Gasteiger partial charge is 0.496 e. The van der Waals surface area contributed by atoms with E-state index in [1.807, 2.05) is 18.2 Å². The second kappa shape index (κ2) is 4.84. The molecule has 0 bridgehead atoms. The molecule has 1 aromatic heterocycles. The lowest BCUT2D eigenvalue weighted by Gasteiger charge is -2.14. The van der Waals surface area contributed by atoms with Crippen molar-refractivity contribution in [2.45, 2.75) is 20.4 Å². The summed E-state index contributed by atoms with van der Waals surface area (Å²) in [6.45, 7) is 4.93. The Kier molecular flexibility index (Phi) is 3.43. The summed E-state index contributed by atoms with van der Waals surface area (Å²) >= 11 is 6.24.